The first-order valence-corrected chi connectivity index (χ1v) is 49.3. The van der Waals surface area contributed by atoms with E-state index in [4.69, 9.17) is 0 Å². The molecule has 0 saturated carbocycles. The van der Waals surface area contributed by atoms with Crippen LogP contribution in [0.4, 0.5) is 45.5 Å². The minimum absolute atomic E-state index is 0.00525. The Morgan fingerprint density at radius 1 is 0.248 bits per heavy atom. The standard InChI is InChI=1S/C76H63N3.C32H19Br2N.C22H23N/c1-74(2,3)54-34-42-57(43-35-54)78(56-38-30-52(31-39-56)50-20-10-8-11-21-50)60-46-47-63-67(48-60)76(65-27-17-14-24-61(65)62-25-15-18-28-66(62)76)68-49-70(73-72(71(63)68)64-26-16-19-29-69(64)77(73)7)79(59-44-36-55(37-45-59)75(4,5)6)58-40-32-53(33-41-58)51-22-12-9-13-23-51;1-35-28-13-7-4-10-22(28)30-29-21-15-14-18(33)16-25(21)32(26(29)17-27(34)31(30)35)23-11-5-2-8-19(23)20-9-3-6-12-24(20)32;1-22(2,3)19-11-15-21(16-12-19)23-20-13-9-18(10-14-20)17-7-5-4-6-8-17/h8-49H,1-7H3;2-17H,1H3;4-16,23H,1-3H3. The number of hydrogen-bond donors (Lipinski definition) is 1. The van der Waals surface area contributed by atoms with E-state index in [1.165, 1.54) is 183 Å². The van der Waals surface area contributed by atoms with Crippen molar-refractivity contribution >= 4 is 121 Å². The smallest absolute Gasteiger partial charge is 0.0740 e. The molecule has 0 saturated heterocycles. The van der Waals surface area contributed by atoms with E-state index in [1.807, 2.05) is 6.07 Å². The van der Waals surface area contributed by atoms with E-state index in [1.54, 1.807) is 0 Å². The Bertz CT molecular complexity index is 8190. The summed E-state index contributed by atoms with van der Waals surface area (Å²) >= 11 is 7.83. The molecule has 0 aliphatic heterocycles. The van der Waals surface area contributed by atoms with Crippen molar-refractivity contribution in [2.75, 3.05) is 15.1 Å². The van der Waals surface area contributed by atoms with Crippen LogP contribution in [0.5, 0.6) is 0 Å². The summed E-state index contributed by atoms with van der Waals surface area (Å²) in [5, 5.41) is 8.60. The van der Waals surface area contributed by atoms with Crippen molar-refractivity contribution in [2.45, 2.75) is 89.4 Å². The molecule has 21 aromatic rings. The van der Waals surface area contributed by atoms with E-state index >= 15 is 0 Å². The molecule has 25 rings (SSSR count). The Morgan fingerprint density at radius 2 is 0.555 bits per heavy atom. The number of benzene rings is 19. The number of para-hydroxylation sites is 2. The summed E-state index contributed by atoms with van der Waals surface area (Å²) in [4.78, 5) is 4.99. The Kier molecular flexibility index (Phi) is 21.2. The molecule has 0 radical (unpaired) electrons. The second kappa shape index (κ2) is 33.6. The van der Waals surface area contributed by atoms with Crippen molar-refractivity contribution in [3.8, 4) is 77.9 Å². The summed E-state index contributed by atoms with van der Waals surface area (Å²) in [7, 11) is 4.44. The van der Waals surface area contributed by atoms with Crippen LogP contribution in [-0.4, -0.2) is 9.13 Å². The number of aromatic nitrogens is 2. The molecule has 1 N–H and O–H groups in total. The maximum atomic E-state index is 4.02. The summed E-state index contributed by atoms with van der Waals surface area (Å²) in [6, 6.07) is 159. The molecule has 7 heteroatoms. The molecule has 2 aromatic heterocycles. The quantitative estimate of drug-likeness (QED) is 0.140. The third-order valence-corrected chi connectivity index (χ3v) is 30.4. The van der Waals surface area contributed by atoms with Gasteiger partial charge >= 0.3 is 0 Å². The Morgan fingerprint density at radius 3 is 0.971 bits per heavy atom. The van der Waals surface area contributed by atoms with Crippen LogP contribution in [0.3, 0.4) is 0 Å². The second-order valence-electron chi connectivity index (χ2n) is 40.3. The number of anilines is 8. The highest BCUT2D eigenvalue weighted by Crippen LogP contribution is 2.68. The highest BCUT2D eigenvalue weighted by Gasteiger charge is 2.55. The Hall–Kier alpha value is -14.9. The van der Waals surface area contributed by atoms with Gasteiger partial charge in [-0.1, -0.05) is 388 Å². The molecule has 2 heterocycles. The highest BCUT2D eigenvalue weighted by atomic mass is 79.9. The van der Waals surface area contributed by atoms with Gasteiger partial charge in [-0.05, 0) is 293 Å². The fourth-order valence-corrected chi connectivity index (χ4v) is 23.8. The molecule has 664 valence electrons. The van der Waals surface area contributed by atoms with Gasteiger partial charge in [0.15, 0.2) is 0 Å². The van der Waals surface area contributed by atoms with E-state index < -0.39 is 5.41 Å². The predicted molar refractivity (Wildman–Crippen MR) is 587 cm³/mol. The number of fused-ring (bicyclic) bond motifs is 28. The van der Waals surface area contributed by atoms with Crippen LogP contribution >= 0.6 is 31.9 Å². The SMILES string of the molecule is CC(C)(C)c1ccc(Nc2ccc(-c3ccccc3)cc2)cc1.Cn1c2ccccc2c2c3c(cc(Br)c21)C1(c2ccccc2-c2ccccc21)c1cc(Br)ccc1-3.Cn1c2ccccc2c2c3c(cc(N(c4ccc(-c5ccccc5)cc4)c4ccc(C(C)(C)C)cc4)c21)C1(c2ccccc2-c2ccccc21)c1cc(N(c2ccc(-c4ccccc4)cc2)c2ccc(C(C)(C)C)cc2)ccc1-3. The second-order valence-corrected chi connectivity index (χ2v) is 42.1. The fraction of sp³-hybridized carbons (Fsp3) is 0.123. The zero-order chi connectivity index (χ0) is 93.5. The molecule has 19 aromatic carbocycles. The van der Waals surface area contributed by atoms with Crippen LogP contribution in [-0.2, 0) is 41.2 Å². The monoisotopic (exact) mass is 1890 g/mol. The molecule has 4 aliphatic carbocycles. The maximum Gasteiger partial charge on any atom is 0.0740 e. The number of aryl methyl sites for hydroxylation is 2. The topological polar surface area (TPSA) is 28.4 Å². The van der Waals surface area contributed by atoms with Crippen molar-refractivity contribution in [1.82, 2.24) is 9.13 Å². The van der Waals surface area contributed by atoms with Crippen molar-refractivity contribution in [3.63, 3.8) is 0 Å². The number of nitrogens with zero attached hydrogens (tertiary/aromatic N) is 4. The lowest BCUT2D eigenvalue weighted by molar-refractivity contribution is 0.590. The molecule has 0 atom stereocenters. The Labute approximate surface area is 821 Å². The first-order chi connectivity index (χ1) is 66.5. The van der Waals surface area contributed by atoms with Gasteiger partial charge in [-0.15, -0.1) is 0 Å². The van der Waals surface area contributed by atoms with E-state index in [0.717, 1.165) is 54.4 Å². The summed E-state index contributed by atoms with van der Waals surface area (Å²) in [6.07, 6.45) is 0. The van der Waals surface area contributed by atoms with E-state index in [2.05, 4.69) is 557 Å². The molecule has 137 heavy (non-hydrogen) atoms. The summed E-state index contributed by atoms with van der Waals surface area (Å²) in [5.41, 5.74) is 45.2. The average molecular weight is 1900 g/mol. The first kappa shape index (κ1) is 86.3. The largest absolute Gasteiger partial charge is 0.356 e. The molecular formula is C130H105Br2N5. The molecule has 0 unspecified atom stereocenters. The van der Waals surface area contributed by atoms with Gasteiger partial charge in [0.25, 0.3) is 0 Å². The highest BCUT2D eigenvalue weighted by molar-refractivity contribution is 9.11. The molecular weight excluding hydrogens is 1790 g/mol. The number of nitrogens with one attached hydrogen (secondary N) is 1. The number of hydrogen-bond acceptors (Lipinski definition) is 3. The molecule has 0 bridgehead atoms. The lowest BCUT2D eigenvalue weighted by atomic mass is 9.70. The third-order valence-electron chi connectivity index (χ3n) is 29.3. The van der Waals surface area contributed by atoms with Crippen LogP contribution in [0.1, 0.15) is 124 Å². The van der Waals surface area contributed by atoms with Crippen LogP contribution < -0.4 is 15.1 Å². The van der Waals surface area contributed by atoms with Gasteiger partial charge in [-0.3, -0.25) is 0 Å². The van der Waals surface area contributed by atoms with Gasteiger partial charge in [0.1, 0.15) is 0 Å². The van der Waals surface area contributed by atoms with Crippen molar-refractivity contribution < 1.29 is 0 Å². The van der Waals surface area contributed by atoms with Crippen LogP contribution in [0.2, 0.25) is 0 Å². The van der Waals surface area contributed by atoms with Crippen molar-refractivity contribution in [2.24, 2.45) is 14.1 Å². The zero-order valence-electron chi connectivity index (χ0n) is 79.0. The van der Waals surface area contributed by atoms with E-state index in [-0.39, 0.29) is 21.7 Å². The van der Waals surface area contributed by atoms with E-state index in [9.17, 15) is 0 Å². The third kappa shape index (κ3) is 14.3. The molecule has 4 aliphatic rings. The lowest BCUT2D eigenvalue weighted by Gasteiger charge is -2.34. The minimum Gasteiger partial charge on any atom is -0.356 e. The van der Waals surface area contributed by atoms with Gasteiger partial charge in [-0.25, -0.2) is 0 Å². The van der Waals surface area contributed by atoms with Gasteiger partial charge < -0.3 is 24.3 Å². The molecule has 5 nitrogen and oxygen atoms in total. The van der Waals surface area contributed by atoms with Crippen molar-refractivity contribution in [1.29, 1.82) is 0 Å². The number of halogens is 2. The summed E-state index contributed by atoms with van der Waals surface area (Å²) in [5.74, 6) is 0. The molecule has 0 fully saturated rings. The normalized spacial score (nSPS) is 13.1. The van der Waals surface area contributed by atoms with Gasteiger partial charge in [-0.2, -0.15) is 0 Å². The molecule has 0 amide bonds. The molecule has 2 spiro atoms. The Balaban J connectivity index is 0.000000147. The minimum atomic E-state index is -0.675. The van der Waals surface area contributed by atoms with E-state index in [0.29, 0.717) is 0 Å². The van der Waals surface area contributed by atoms with Crippen LogP contribution in [0.15, 0.2) is 440 Å². The first-order valence-electron chi connectivity index (χ1n) is 47.8. The summed E-state index contributed by atoms with van der Waals surface area (Å²) < 4.78 is 7.03. The van der Waals surface area contributed by atoms with Gasteiger partial charge in [0.2, 0.25) is 0 Å². The average Bonchev–Trinajstić information content (AvgIpc) is 1.50. The zero-order valence-corrected chi connectivity index (χ0v) is 82.2. The number of rotatable bonds is 11. The van der Waals surface area contributed by atoms with Gasteiger partial charge in [0.05, 0.1) is 27.6 Å². The van der Waals surface area contributed by atoms with Crippen molar-refractivity contribution in [3.05, 3.63) is 501 Å². The fourth-order valence-electron chi connectivity index (χ4n) is 22.7. The lowest BCUT2D eigenvalue weighted by Crippen LogP contribution is -2.26. The summed E-state index contributed by atoms with van der Waals surface area (Å²) in [6.45, 7) is 20.5. The van der Waals surface area contributed by atoms with Crippen LogP contribution in [0, 0.1) is 0 Å². The predicted octanol–water partition coefficient (Wildman–Crippen LogP) is 36.1. The van der Waals surface area contributed by atoms with Crippen LogP contribution in [0.25, 0.3) is 122 Å². The maximum absolute atomic E-state index is 4.02. The van der Waals surface area contributed by atoms with Gasteiger partial charge in [0, 0.05) is 95.4 Å².